The Balaban J connectivity index is 1.87. The van der Waals surface area contributed by atoms with Gasteiger partial charge in [-0.05, 0) is 51.1 Å². The highest BCUT2D eigenvalue weighted by molar-refractivity contribution is 5.22. The Morgan fingerprint density at radius 3 is 2.00 bits per heavy atom. The standard InChI is InChI=1S/C11H21N/c1-9(2)5-10-6-11(7-10,8-10)12(3)4/h9H,5-8H2,1-4H3. The van der Waals surface area contributed by atoms with Crippen LogP contribution < -0.4 is 0 Å². The zero-order valence-corrected chi connectivity index (χ0v) is 8.85. The van der Waals surface area contributed by atoms with Gasteiger partial charge in [-0.2, -0.15) is 0 Å². The maximum absolute atomic E-state index is 2.44. The Labute approximate surface area is 76.1 Å². The lowest BCUT2D eigenvalue weighted by molar-refractivity contribution is -0.213. The number of hydrogen-bond acceptors (Lipinski definition) is 1. The van der Waals surface area contributed by atoms with E-state index in [0.717, 1.165) is 11.3 Å². The largest absolute Gasteiger partial charge is 0.304 e. The summed E-state index contributed by atoms with van der Waals surface area (Å²) in [7, 11) is 4.47. The van der Waals surface area contributed by atoms with E-state index in [0.29, 0.717) is 5.54 Å². The molecule has 0 aromatic heterocycles. The van der Waals surface area contributed by atoms with Crippen LogP contribution in [0.5, 0.6) is 0 Å². The number of hydrogen-bond donors (Lipinski definition) is 0. The molecule has 3 saturated carbocycles. The van der Waals surface area contributed by atoms with Crippen molar-refractivity contribution in [2.24, 2.45) is 11.3 Å². The van der Waals surface area contributed by atoms with Crippen LogP contribution in [0.2, 0.25) is 0 Å². The fourth-order valence-corrected chi connectivity index (χ4v) is 3.50. The molecule has 1 heteroatoms. The highest BCUT2D eigenvalue weighted by atomic mass is 15.2. The summed E-state index contributed by atoms with van der Waals surface area (Å²) in [6.07, 6.45) is 5.89. The molecular weight excluding hydrogens is 146 g/mol. The Morgan fingerprint density at radius 2 is 1.67 bits per heavy atom. The van der Waals surface area contributed by atoms with Gasteiger partial charge in [0.25, 0.3) is 0 Å². The molecule has 3 rings (SSSR count). The van der Waals surface area contributed by atoms with Gasteiger partial charge in [0.1, 0.15) is 0 Å². The summed E-state index contributed by atoms with van der Waals surface area (Å²) >= 11 is 0. The summed E-state index contributed by atoms with van der Waals surface area (Å²) < 4.78 is 0. The van der Waals surface area contributed by atoms with Crippen molar-refractivity contribution in [3.05, 3.63) is 0 Å². The second-order valence-corrected chi connectivity index (χ2v) is 5.75. The van der Waals surface area contributed by atoms with Crippen molar-refractivity contribution in [3.63, 3.8) is 0 Å². The van der Waals surface area contributed by atoms with Crippen LogP contribution in [0.3, 0.4) is 0 Å². The molecule has 0 radical (unpaired) electrons. The van der Waals surface area contributed by atoms with Crippen LogP contribution in [0.4, 0.5) is 0 Å². The molecule has 70 valence electrons. The van der Waals surface area contributed by atoms with Crippen LogP contribution in [-0.4, -0.2) is 24.5 Å². The van der Waals surface area contributed by atoms with E-state index in [-0.39, 0.29) is 0 Å². The van der Waals surface area contributed by atoms with Crippen molar-refractivity contribution < 1.29 is 0 Å². The van der Waals surface area contributed by atoms with E-state index in [1.807, 2.05) is 0 Å². The molecule has 2 bridgehead atoms. The van der Waals surface area contributed by atoms with E-state index < -0.39 is 0 Å². The van der Waals surface area contributed by atoms with Crippen molar-refractivity contribution in [1.29, 1.82) is 0 Å². The lowest BCUT2D eigenvalue weighted by atomic mass is 9.37. The van der Waals surface area contributed by atoms with Crippen molar-refractivity contribution in [2.45, 2.75) is 45.1 Å². The molecule has 0 aliphatic heterocycles. The molecule has 0 atom stereocenters. The summed E-state index contributed by atoms with van der Waals surface area (Å²) in [5, 5.41) is 0. The third kappa shape index (κ3) is 0.953. The normalized spacial score (nSPS) is 44.5. The van der Waals surface area contributed by atoms with Gasteiger partial charge in [-0.1, -0.05) is 13.8 Å². The average molecular weight is 167 g/mol. The van der Waals surface area contributed by atoms with Crippen LogP contribution in [-0.2, 0) is 0 Å². The Hall–Kier alpha value is -0.0400. The molecule has 3 aliphatic rings. The van der Waals surface area contributed by atoms with E-state index in [9.17, 15) is 0 Å². The molecule has 0 heterocycles. The van der Waals surface area contributed by atoms with Crippen LogP contribution >= 0.6 is 0 Å². The maximum Gasteiger partial charge on any atom is 0.0219 e. The predicted molar refractivity (Wildman–Crippen MR) is 52.2 cm³/mol. The van der Waals surface area contributed by atoms with Crippen molar-refractivity contribution in [3.8, 4) is 0 Å². The smallest absolute Gasteiger partial charge is 0.0219 e. The van der Waals surface area contributed by atoms with Gasteiger partial charge in [0.2, 0.25) is 0 Å². The molecule has 1 nitrogen and oxygen atoms in total. The van der Waals surface area contributed by atoms with Crippen molar-refractivity contribution in [1.82, 2.24) is 4.90 Å². The quantitative estimate of drug-likeness (QED) is 0.624. The summed E-state index contributed by atoms with van der Waals surface area (Å²) in [4.78, 5) is 2.44. The summed E-state index contributed by atoms with van der Waals surface area (Å²) in [5.41, 5.74) is 1.44. The number of nitrogens with zero attached hydrogens (tertiary/aromatic N) is 1. The third-order valence-corrected chi connectivity index (χ3v) is 3.90. The minimum atomic E-state index is 0.648. The summed E-state index contributed by atoms with van der Waals surface area (Å²) in [5.74, 6) is 0.894. The van der Waals surface area contributed by atoms with Crippen molar-refractivity contribution >= 4 is 0 Å². The topological polar surface area (TPSA) is 3.24 Å². The minimum absolute atomic E-state index is 0.648. The first kappa shape index (κ1) is 8.55. The van der Waals surface area contributed by atoms with Gasteiger partial charge in [0, 0.05) is 5.54 Å². The molecule has 0 N–H and O–H groups in total. The zero-order valence-electron chi connectivity index (χ0n) is 8.85. The third-order valence-electron chi connectivity index (χ3n) is 3.90. The molecule has 0 spiro atoms. The molecule has 0 unspecified atom stereocenters. The lowest BCUT2D eigenvalue weighted by Gasteiger charge is -2.74. The van der Waals surface area contributed by atoms with E-state index in [1.165, 1.54) is 25.7 Å². The van der Waals surface area contributed by atoms with E-state index in [2.05, 4.69) is 32.8 Å². The second kappa shape index (κ2) is 2.25. The molecular formula is C11H21N. The summed E-state index contributed by atoms with van der Waals surface area (Å²) in [6, 6.07) is 0. The Morgan fingerprint density at radius 1 is 1.17 bits per heavy atom. The summed E-state index contributed by atoms with van der Waals surface area (Å²) in [6.45, 7) is 4.70. The highest BCUT2D eigenvalue weighted by Gasteiger charge is 2.68. The minimum Gasteiger partial charge on any atom is -0.304 e. The number of rotatable bonds is 3. The maximum atomic E-state index is 2.44. The molecule has 12 heavy (non-hydrogen) atoms. The first-order chi connectivity index (χ1) is 5.48. The average Bonchev–Trinajstić information content (AvgIpc) is 1.72. The van der Waals surface area contributed by atoms with Gasteiger partial charge in [-0.25, -0.2) is 0 Å². The fraction of sp³-hybridized carbons (Fsp3) is 1.00. The van der Waals surface area contributed by atoms with Gasteiger partial charge in [0.05, 0.1) is 0 Å². The van der Waals surface area contributed by atoms with Gasteiger partial charge >= 0.3 is 0 Å². The molecule has 0 aromatic carbocycles. The first-order valence-corrected chi connectivity index (χ1v) is 5.16. The lowest BCUT2D eigenvalue weighted by Crippen LogP contribution is -2.73. The van der Waals surface area contributed by atoms with E-state index in [1.54, 1.807) is 0 Å². The van der Waals surface area contributed by atoms with Crippen LogP contribution in [0.25, 0.3) is 0 Å². The van der Waals surface area contributed by atoms with Crippen LogP contribution in [0, 0.1) is 11.3 Å². The van der Waals surface area contributed by atoms with Crippen LogP contribution in [0.15, 0.2) is 0 Å². The second-order valence-electron chi connectivity index (χ2n) is 5.75. The molecule has 3 aliphatic carbocycles. The predicted octanol–water partition coefficient (Wildman–Crippen LogP) is 2.52. The Kier molecular flexibility index (Phi) is 1.61. The highest BCUT2D eigenvalue weighted by Crippen LogP contribution is 2.71. The van der Waals surface area contributed by atoms with E-state index in [4.69, 9.17) is 0 Å². The van der Waals surface area contributed by atoms with Gasteiger partial charge in [0.15, 0.2) is 0 Å². The van der Waals surface area contributed by atoms with Gasteiger partial charge < -0.3 is 4.90 Å². The molecule has 0 aromatic rings. The molecule has 0 amide bonds. The van der Waals surface area contributed by atoms with Gasteiger partial charge in [-0.3, -0.25) is 0 Å². The van der Waals surface area contributed by atoms with E-state index >= 15 is 0 Å². The molecule has 3 fully saturated rings. The first-order valence-electron chi connectivity index (χ1n) is 5.16. The Bertz CT molecular complexity index is 173. The molecule has 0 saturated heterocycles. The fourth-order valence-electron chi connectivity index (χ4n) is 3.50. The van der Waals surface area contributed by atoms with Crippen LogP contribution in [0.1, 0.15) is 39.5 Å². The zero-order chi connectivity index (χ0) is 8.98. The van der Waals surface area contributed by atoms with Crippen molar-refractivity contribution in [2.75, 3.05) is 14.1 Å². The van der Waals surface area contributed by atoms with Gasteiger partial charge in [-0.15, -0.1) is 0 Å². The monoisotopic (exact) mass is 167 g/mol. The SMILES string of the molecule is CC(C)CC12CC(N(C)C)(C1)C2.